The van der Waals surface area contributed by atoms with Crippen molar-refractivity contribution in [3.05, 3.63) is 136 Å². The maximum atomic E-state index is 14.4. The number of carbonyl (C=O) groups excluding carboxylic acids is 1. The van der Waals surface area contributed by atoms with Gasteiger partial charge in [-0.05, 0) is 70.8 Å². The van der Waals surface area contributed by atoms with Gasteiger partial charge in [0.05, 0.1) is 13.7 Å². The lowest BCUT2D eigenvalue weighted by molar-refractivity contribution is -0.130. The Morgan fingerprint density at radius 3 is 2.59 bits per heavy atom. The molecule has 236 valence electrons. The zero-order valence-corrected chi connectivity index (χ0v) is 25.1. The highest BCUT2D eigenvalue weighted by atomic mass is 19.1. The lowest BCUT2D eigenvalue weighted by atomic mass is 9.81. The van der Waals surface area contributed by atoms with Crippen molar-refractivity contribution in [2.45, 2.75) is 31.0 Å². The summed E-state index contributed by atoms with van der Waals surface area (Å²) in [5.41, 5.74) is 16.3. The quantitative estimate of drug-likeness (QED) is 0.0526. The monoisotopic (exact) mass is 624 g/mol. The lowest BCUT2D eigenvalue weighted by Crippen LogP contribution is -2.53. The number of aliphatic hydroxyl groups excluding tert-OH is 1. The van der Waals surface area contributed by atoms with Crippen molar-refractivity contribution in [3.8, 4) is 11.5 Å². The number of hydrazine groups is 1. The molecule has 1 amide bonds. The van der Waals surface area contributed by atoms with Crippen molar-refractivity contribution in [2.75, 3.05) is 20.3 Å². The highest BCUT2D eigenvalue weighted by molar-refractivity contribution is 6.01. The Kier molecular flexibility index (Phi) is 10.5. The summed E-state index contributed by atoms with van der Waals surface area (Å²) in [4.78, 5) is 22.4. The summed E-state index contributed by atoms with van der Waals surface area (Å²) in [5, 5.41) is 12.9. The van der Waals surface area contributed by atoms with Gasteiger partial charge < -0.3 is 19.3 Å². The van der Waals surface area contributed by atoms with E-state index in [1.807, 2.05) is 6.07 Å². The van der Waals surface area contributed by atoms with Crippen LogP contribution in [0.5, 0.6) is 11.5 Å². The van der Waals surface area contributed by atoms with E-state index >= 15 is 0 Å². The number of methoxy groups -OCH3 is 1. The predicted octanol–water partition coefficient (Wildman–Crippen LogP) is 5.86. The molecule has 0 bridgehead atoms. The molecule has 5 rings (SSSR count). The molecule has 3 N–H and O–H groups in total. The van der Waals surface area contributed by atoms with Gasteiger partial charge in [-0.1, -0.05) is 53.6 Å². The molecule has 12 heteroatoms. The van der Waals surface area contributed by atoms with E-state index in [9.17, 15) is 14.7 Å². The normalized spacial score (nSPS) is 16.9. The largest absolute Gasteiger partial charge is 0.497 e. The molecule has 2 atom stereocenters. The Morgan fingerprint density at radius 1 is 1.07 bits per heavy atom. The standard InChI is InChI=1S/C34H33FN6O5/c1-44-29-8-4-7-25(20-29)31-34(21-26-6-2-3-9-30(26)39-41-36,33(43)40-37-22-23-10-14-27(35)15-11-23)38-32(46-31)24-12-16-28(17-13-24)45-19-5-18-42/h2-4,6-17,20,31,37,42H,5,18-19,21-22H2,1H3,(H,40,43)/t31-,34-/m0/s1. The van der Waals surface area contributed by atoms with E-state index in [-0.39, 0.29) is 31.3 Å². The van der Waals surface area contributed by atoms with Crippen LogP contribution < -0.4 is 20.3 Å². The molecule has 0 fully saturated rings. The second kappa shape index (κ2) is 15.0. The lowest BCUT2D eigenvalue weighted by Gasteiger charge is -2.31. The van der Waals surface area contributed by atoms with E-state index in [0.717, 1.165) is 5.56 Å². The number of ether oxygens (including phenoxy) is 3. The average Bonchev–Trinajstić information content (AvgIpc) is 3.47. The zero-order valence-electron chi connectivity index (χ0n) is 25.1. The number of carbonyl (C=O) groups is 1. The number of benzene rings is 4. The molecule has 0 saturated carbocycles. The number of aliphatic hydroxyl groups is 1. The van der Waals surface area contributed by atoms with Gasteiger partial charge in [-0.15, -0.1) is 0 Å². The summed E-state index contributed by atoms with van der Waals surface area (Å²) in [6, 6.07) is 27.2. The van der Waals surface area contributed by atoms with Crippen LogP contribution in [0.2, 0.25) is 0 Å². The number of aliphatic imine (C=N–C) groups is 1. The number of nitrogens with zero attached hydrogens (tertiary/aromatic N) is 4. The first kappa shape index (κ1) is 32.0. The van der Waals surface area contributed by atoms with E-state index in [1.165, 1.54) is 12.1 Å². The summed E-state index contributed by atoms with van der Waals surface area (Å²) in [6.45, 7) is 0.612. The van der Waals surface area contributed by atoms with Crippen molar-refractivity contribution in [2.24, 2.45) is 10.1 Å². The van der Waals surface area contributed by atoms with Gasteiger partial charge in [-0.3, -0.25) is 10.2 Å². The maximum Gasteiger partial charge on any atom is 0.266 e. The van der Waals surface area contributed by atoms with E-state index in [1.54, 1.807) is 86.0 Å². The van der Waals surface area contributed by atoms with Crippen molar-refractivity contribution >= 4 is 17.5 Å². The molecule has 0 radical (unpaired) electrons. The molecule has 1 aliphatic rings. The minimum atomic E-state index is -1.59. The van der Waals surface area contributed by atoms with Crippen molar-refractivity contribution in [1.29, 1.82) is 0 Å². The van der Waals surface area contributed by atoms with Crippen LogP contribution in [0.3, 0.4) is 0 Å². The van der Waals surface area contributed by atoms with Crippen LogP contribution in [0.15, 0.2) is 107 Å². The molecule has 4 aromatic carbocycles. The van der Waals surface area contributed by atoms with Gasteiger partial charge in [0.2, 0.25) is 5.90 Å². The SMILES string of the molecule is COc1cccc([C@@H]2OC(c3ccc(OCCCO)cc3)=N[C@]2(Cc2ccccc2N=[N+]=[N-])C(=O)NNCc2ccc(F)cc2)c1. The molecule has 0 aromatic heterocycles. The number of rotatable bonds is 14. The van der Waals surface area contributed by atoms with Crippen LogP contribution in [-0.2, 0) is 22.5 Å². The van der Waals surface area contributed by atoms with E-state index in [2.05, 4.69) is 20.9 Å². The van der Waals surface area contributed by atoms with Crippen LogP contribution in [-0.4, -0.2) is 42.8 Å². The molecule has 4 aromatic rings. The van der Waals surface area contributed by atoms with Gasteiger partial charge in [0.1, 0.15) is 17.3 Å². The molecule has 11 nitrogen and oxygen atoms in total. The Labute approximate surface area is 265 Å². The Bertz CT molecular complexity index is 1730. The number of halogens is 1. The minimum Gasteiger partial charge on any atom is -0.497 e. The zero-order chi connectivity index (χ0) is 32.4. The summed E-state index contributed by atoms with van der Waals surface area (Å²) in [6.07, 6.45) is -0.408. The third-order valence-corrected chi connectivity index (χ3v) is 7.44. The minimum absolute atomic E-state index is 0.0139. The highest BCUT2D eigenvalue weighted by Crippen LogP contribution is 2.44. The number of nitrogens with one attached hydrogen (secondary N) is 2. The van der Waals surface area contributed by atoms with Crippen LogP contribution in [0.25, 0.3) is 10.4 Å². The highest BCUT2D eigenvalue weighted by Gasteiger charge is 2.53. The van der Waals surface area contributed by atoms with Crippen molar-refractivity contribution < 1.29 is 28.5 Å². The smallest absolute Gasteiger partial charge is 0.266 e. The molecule has 1 aliphatic heterocycles. The second-order valence-electron chi connectivity index (χ2n) is 10.5. The summed E-state index contributed by atoms with van der Waals surface area (Å²) >= 11 is 0. The van der Waals surface area contributed by atoms with E-state index in [4.69, 9.17) is 24.3 Å². The fraction of sp³-hybridized carbons (Fsp3) is 0.235. The first-order valence-electron chi connectivity index (χ1n) is 14.6. The first-order valence-corrected chi connectivity index (χ1v) is 14.6. The molecule has 46 heavy (non-hydrogen) atoms. The van der Waals surface area contributed by atoms with Crippen molar-refractivity contribution in [3.63, 3.8) is 0 Å². The Balaban J connectivity index is 1.57. The molecule has 0 unspecified atom stereocenters. The number of hydrogen-bond donors (Lipinski definition) is 3. The number of amides is 1. The molecular formula is C34H33FN6O5. The second-order valence-corrected chi connectivity index (χ2v) is 10.5. The van der Waals surface area contributed by atoms with Gasteiger partial charge in [-0.2, -0.15) is 0 Å². The molecule has 0 aliphatic carbocycles. The number of azide groups is 1. The van der Waals surface area contributed by atoms with Gasteiger partial charge in [0.15, 0.2) is 11.6 Å². The topological polar surface area (TPSA) is 150 Å². The van der Waals surface area contributed by atoms with E-state index in [0.29, 0.717) is 46.9 Å². The molecule has 0 spiro atoms. The fourth-order valence-electron chi connectivity index (χ4n) is 5.12. The predicted molar refractivity (Wildman–Crippen MR) is 170 cm³/mol. The third-order valence-electron chi connectivity index (χ3n) is 7.44. The Morgan fingerprint density at radius 2 is 1.85 bits per heavy atom. The van der Waals surface area contributed by atoms with Gasteiger partial charge in [0, 0.05) is 42.2 Å². The number of hydrogen-bond acceptors (Lipinski definition) is 8. The molecule has 1 heterocycles. The summed E-state index contributed by atoms with van der Waals surface area (Å²) in [5.74, 6) is 0.540. The Hall–Kier alpha value is -5.42. The van der Waals surface area contributed by atoms with Crippen LogP contribution >= 0.6 is 0 Å². The molecular weight excluding hydrogens is 591 g/mol. The van der Waals surface area contributed by atoms with Crippen LogP contribution in [0, 0.1) is 5.82 Å². The summed E-state index contributed by atoms with van der Waals surface area (Å²) < 4.78 is 31.1. The van der Waals surface area contributed by atoms with Gasteiger partial charge in [0.25, 0.3) is 5.91 Å². The van der Waals surface area contributed by atoms with Crippen LogP contribution in [0.4, 0.5) is 10.1 Å². The van der Waals surface area contributed by atoms with E-state index < -0.39 is 17.6 Å². The van der Waals surface area contributed by atoms with Gasteiger partial charge >= 0.3 is 0 Å². The third kappa shape index (κ3) is 7.44. The van der Waals surface area contributed by atoms with Crippen LogP contribution in [0.1, 0.15) is 34.8 Å². The summed E-state index contributed by atoms with van der Waals surface area (Å²) in [7, 11) is 1.55. The average molecular weight is 625 g/mol. The first-order chi connectivity index (χ1) is 22.5. The van der Waals surface area contributed by atoms with Gasteiger partial charge in [-0.25, -0.2) is 14.8 Å². The molecule has 0 saturated heterocycles. The van der Waals surface area contributed by atoms with Crippen molar-refractivity contribution in [1.82, 2.24) is 10.9 Å². The fourth-order valence-corrected chi connectivity index (χ4v) is 5.12. The maximum absolute atomic E-state index is 14.4.